The highest BCUT2D eigenvalue weighted by Crippen LogP contribution is 2.27. The van der Waals surface area contributed by atoms with Gasteiger partial charge in [0.25, 0.3) is 5.91 Å². The summed E-state index contributed by atoms with van der Waals surface area (Å²) in [6, 6.07) is 14.6. The number of urea groups is 1. The second kappa shape index (κ2) is 10.8. The number of nitrogens with one attached hydrogen (secondary N) is 3. The van der Waals surface area contributed by atoms with Crippen molar-refractivity contribution in [2.75, 3.05) is 17.7 Å². The van der Waals surface area contributed by atoms with Crippen LogP contribution in [0.5, 0.6) is 0 Å². The van der Waals surface area contributed by atoms with Gasteiger partial charge in [0, 0.05) is 5.69 Å². The molecular weight excluding hydrogens is 454 g/mol. The summed E-state index contributed by atoms with van der Waals surface area (Å²) in [5, 5.41) is 10.3. The lowest BCUT2D eigenvalue weighted by atomic mass is 9.90. The molecule has 3 aromatic carbocycles. The molecule has 0 bridgehead atoms. The second-order valence-electron chi connectivity index (χ2n) is 9.97. The SMILES string of the molecule is COC(=O)C(C)(CC(C)C)NC(=O)c1cc2ccccc2cc1NC(=O)Nc1c(C)cc(C)cc1C. The first-order valence-electron chi connectivity index (χ1n) is 12.0. The number of methoxy groups -OCH3 is 1. The number of carbonyl (C=O) groups is 3. The summed E-state index contributed by atoms with van der Waals surface area (Å²) in [6.45, 7) is 11.5. The molecule has 0 spiro atoms. The lowest BCUT2D eigenvalue weighted by Gasteiger charge is -2.30. The topological polar surface area (TPSA) is 96.5 Å². The number of ether oxygens (including phenoxy) is 1. The summed E-state index contributed by atoms with van der Waals surface area (Å²) in [7, 11) is 1.30. The minimum absolute atomic E-state index is 0.135. The first-order chi connectivity index (χ1) is 16.9. The van der Waals surface area contributed by atoms with E-state index in [2.05, 4.69) is 16.0 Å². The van der Waals surface area contributed by atoms with Crippen molar-refractivity contribution in [3.8, 4) is 0 Å². The summed E-state index contributed by atoms with van der Waals surface area (Å²) in [5.74, 6) is -0.870. The highest BCUT2D eigenvalue weighted by molar-refractivity contribution is 6.10. The Morgan fingerprint density at radius 2 is 1.50 bits per heavy atom. The van der Waals surface area contributed by atoms with Gasteiger partial charge in [0.1, 0.15) is 5.54 Å². The molecule has 1 unspecified atom stereocenters. The van der Waals surface area contributed by atoms with Crippen LogP contribution in [-0.2, 0) is 9.53 Å². The number of fused-ring (bicyclic) bond motifs is 1. The van der Waals surface area contributed by atoms with Crippen molar-refractivity contribution in [1.29, 1.82) is 0 Å². The van der Waals surface area contributed by atoms with Gasteiger partial charge in [-0.25, -0.2) is 9.59 Å². The lowest BCUT2D eigenvalue weighted by Crippen LogP contribution is -2.53. The van der Waals surface area contributed by atoms with E-state index in [0.717, 1.165) is 33.2 Å². The molecule has 3 N–H and O–H groups in total. The number of hydrogen-bond acceptors (Lipinski definition) is 4. The van der Waals surface area contributed by atoms with E-state index in [4.69, 9.17) is 4.74 Å². The van der Waals surface area contributed by atoms with Gasteiger partial charge in [-0.1, -0.05) is 55.8 Å². The molecular formula is C29H35N3O4. The molecule has 0 saturated heterocycles. The number of amides is 3. The highest BCUT2D eigenvalue weighted by Gasteiger charge is 2.37. The molecule has 0 saturated carbocycles. The van der Waals surface area contributed by atoms with Crippen molar-refractivity contribution in [2.45, 2.75) is 53.5 Å². The Balaban J connectivity index is 1.97. The van der Waals surface area contributed by atoms with Crippen LogP contribution in [0.2, 0.25) is 0 Å². The molecule has 36 heavy (non-hydrogen) atoms. The van der Waals surface area contributed by atoms with Crippen LogP contribution in [0.25, 0.3) is 10.8 Å². The van der Waals surface area contributed by atoms with E-state index in [0.29, 0.717) is 12.1 Å². The minimum atomic E-state index is -1.22. The van der Waals surface area contributed by atoms with Crippen molar-refractivity contribution in [2.24, 2.45) is 5.92 Å². The van der Waals surface area contributed by atoms with Gasteiger partial charge in [0.2, 0.25) is 0 Å². The molecule has 3 aromatic rings. The smallest absolute Gasteiger partial charge is 0.331 e. The number of benzene rings is 3. The van der Waals surface area contributed by atoms with Crippen molar-refractivity contribution >= 4 is 40.1 Å². The van der Waals surface area contributed by atoms with E-state index in [9.17, 15) is 14.4 Å². The number of aryl methyl sites for hydroxylation is 3. The Labute approximate surface area is 212 Å². The zero-order valence-corrected chi connectivity index (χ0v) is 22.0. The molecule has 0 fully saturated rings. The van der Waals surface area contributed by atoms with E-state index in [1.54, 1.807) is 19.1 Å². The monoisotopic (exact) mass is 489 g/mol. The van der Waals surface area contributed by atoms with Crippen LogP contribution in [0.15, 0.2) is 48.5 Å². The third kappa shape index (κ3) is 6.03. The Morgan fingerprint density at radius 3 is 2.06 bits per heavy atom. The van der Waals surface area contributed by atoms with Crippen molar-refractivity contribution in [3.05, 3.63) is 70.8 Å². The highest BCUT2D eigenvalue weighted by atomic mass is 16.5. The Bertz CT molecular complexity index is 1290. The predicted molar refractivity (Wildman–Crippen MR) is 145 cm³/mol. The zero-order chi connectivity index (χ0) is 26.6. The van der Waals surface area contributed by atoms with Gasteiger partial charge in [-0.3, -0.25) is 4.79 Å². The van der Waals surface area contributed by atoms with E-state index in [-0.39, 0.29) is 11.5 Å². The van der Waals surface area contributed by atoms with Gasteiger partial charge in [0.05, 0.1) is 18.4 Å². The fourth-order valence-electron chi connectivity index (χ4n) is 4.72. The van der Waals surface area contributed by atoms with Crippen molar-refractivity contribution in [3.63, 3.8) is 0 Å². The molecule has 190 valence electrons. The van der Waals surface area contributed by atoms with Gasteiger partial charge >= 0.3 is 12.0 Å². The fraction of sp³-hybridized carbons (Fsp3) is 0.345. The lowest BCUT2D eigenvalue weighted by molar-refractivity contribution is -0.148. The van der Waals surface area contributed by atoms with Crippen LogP contribution in [0.1, 0.15) is 54.2 Å². The minimum Gasteiger partial charge on any atom is -0.467 e. The Hall–Kier alpha value is -3.87. The van der Waals surface area contributed by atoms with Crippen LogP contribution in [-0.4, -0.2) is 30.6 Å². The largest absolute Gasteiger partial charge is 0.467 e. The van der Waals surface area contributed by atoms with Crippen molar-refractivity contribution < 1.29 is 19.1 Å². The van der Waals surface area contributed by atoms with Crippen LogP contribution in [0.4, 0.5) is 16.2 Å². The molecule has 7 heteroatoms. The van der Waals surface area contributed by atoms with E-state index in [1.165, 1.54) is 7.11 Å². The van der Waals surface area contributed by atoms with Crippen molar-refractivity contribution in [1.82, 2.24) is 5.32 Å². The average Bonchev–Trinajstić information content (AvgIpc) is 2.79. The number of anilines is 2. The first-order valence-corrected chi connectivity index (χ1v) is 12.0. The van der Waals surface area contributed by atoms with E-state index in [1.807, 2.05) is 71.0 Å². The normalized spacial score (nSPS) is 12.7. The molecule has 0 aliphatic carbocycles. The maximum absolute atomic E-state index is 13.5. The quantitative estimate of drug-likeness (QED) is 0.349. The molecule has 3 amide bonds. The number of rotatable bonds is 7. The molecule has 0 aromatic heterocycles. The zero-order valence-electron chi connectivity index (χ0n) is 22.0. The molecule has 0 aliphatic rings. The molecule has 0 radical (unpaired) electrons. The van der Waals surface area contributed by atoms with Gasteiger partial charge in [-0.05, 0) is 74.1 Å². The Morgan fingerprint density at radius 1 is 0.917 bits per heavy atom. The number of carbonyl (C=O) groups excluding carboxylic acids is 3. The fourth-order valence-corrected chi connectivity index (χ4v) is 4.72. The van der Waals surface area contributed by atoms with Crippen LogP contribution in [0, 0.1) is 26.7 Å². The molecule has 3 rings (SSSR count). The molecule has 7 nitrogen and oxygen atoms in total. The summed E-state index contributed by atoms with van der Waals surface area (Å²) in [4.78, 5) is 39.1. The maximum atomic E-state index is 13.5. The summed E-state index contributed by atoms with van der Waals surface area (Å²) >= 11 is 0. The number of hydrogen-bond donors (Lipinski definition) is 3. The van der Waals surface area contributed by atoms with E-state index < -0.39 is 23.4 Å². The standard InChI is InChI=1S/C29H35N3O4/c1-17(2)16-29(6,27(34)36-7)32-26(33)23-14-21-10-8-9-11-22(21)15-24(23)30-28(35)31-25-19(4)12-18(3)13-20(25)5/h8-15,17H,16H2,1-7H3,(H,32,33)(H2,30,31,35). The average molecular weight is 490 g/mol. The van der Waals surface area contributed by atoms with Crippen LogP contribution >= 0.6 is 0 Å². The maximum Gasteiger partial charge on any atom is 0.331 e. The Kier molecular flexibility index (Phi) is 8.03. The molecule has 1 atom stereocenters. The van der Waals surface area contributed by atoms with Crippen LogP contribution < -0.4 is 16.0 Å². The van der Waals surface area contributed by atoms with Gasteiger partial charge < -0.3 is 20.7 Å². The van der Waals surface area contributed by atoms with E-state index >= 15 is 0 Å². The third-order valence-electron chi connectivity index (χ3n) is 6.14. The van der Waals surface area contributed by atoms with Crippen LogP contribution in [0.3, 0.4) is 0 Å². The summed E-state index contributed by atoms with van der Waals surface area (Å²) in [5.41, 5.74) is 3.09. The number of esters is 1. The first kappa shape index (κ1) is 26.7. The van der Waals surface area contributed by atoms with Gasteiger partial charge in [-0.2, -0.15) is 0 Å². The summed E-state index contributed by atoms with van der Waals surface area (Å²) in [6.07, 6.45) is 0.397. The predicted octanol–water partition coefficient (Wildman–Crippen LogP) is 6.12. The molecule has 0 heterocycles. The van der Waals surface area contributed by atoms with Gasteiger partial charge in [-0.15, -0.1) is 0 Å². The second-order valence-corrected chi connectivity index (χ2v) is 9.97. The molecule has 0 aliphatic heterocycles. The third-order valence-corrected chi connectivity index (χ3v) is 6.14. The van der Waals surface area contributed by atoms with Gasteiger partial charge in [0.15, 0.2) is 0 Å². The summed E-state index contributed by atoms with van der Waals surface area (Å²) < 4.78 is 4.98.